The summed E-state index contributed by atoms with van der Waals surface area (Å²) in [5.41, 5.74) is 1.72. The Balaban J connectivity index is 1.53. The van der Waals surface area contributed by atoms with Gasteiger partial charge in [-0.2, -0.15) is 0 Å². The zero-order valence-corrected chi connectivity index (χ0v) is 16.7. The molecule has 0 fully saturated rings. The third kappa shape index (κ3) is 3.88. The highest BCUT2D eigenvalue weighted by Crippen LogP contribution is 2.35. The summed E-state index contributed by atoms with van der Waals surface area (Å²) in [5, 5.41) is 17.8. The van der Waals surface area contributed by atoms with E-state index in [1.807, 2.05) is 60.0 Å². The van der Waals surface area contributed by atoms with Gasteiger partial charge >= 0.3 is 0 Å². The van der Waals surface area contributed by atoms with Crippen molar-refractivity contribution in [3.63, 3.8) is 0 Å². The van der Waals surface area contributed by atoms with Crippen LogP contribution in [-0.2, 0) is 0 Å². The van der Waals surface area contributed by atoms with Crippen LogP contribution in [0.15, 0.2) is 64.4 Å². The third-order valence-corrected chi connectivity index (χ3v) is 5.29. The molecule has 0 bridgehead atoms. The maximum atomic E-state index is 6.09. The highest BCUT2D eigenvalue weighted by atomic mass is 35.5. The Morgan fingerprint density at radius 1 is 1.11 bits per heavy atom. The molecule has 0 aliphatic rings. The summed E-state index contributed by atoms with van der Waals surface area (Å²) in [5.74, 6) is 1.74. The summed E-state index contributed by atoms with van der Waals surface area (Å²) >= 11 is 7.57. The second-order valence-corrected chi connectivity index (χ2v) is 7.64. The van der Waals surface area contributed by atoms with Crippen molar-refractivity contribution in [2.75, 3.05) is 7.11 Å². The molecular formula is C19H16ClN5O2S. The Morgan fingerprint density at radius 3 is 2.68 bits per heavy atom. The Labute approximate surface area is 170 Å². The van der Waals surface area contributed by atoms with Crippen LogP contribution in [0, 0.1) is 0 Å². The fourth-order valence-electron chi connectivity index (χ4n) is 2.57. The van der Waals surface area contributed by atoms with Gasteiger partial charge in [0.25, 0.3) is 0 Å². The molecule has 0 saturated carbocycles. The van der Waals surface area contributed by atoms with Gasteiger partial charge < -0.3 is 9.15 Å². The predicted octanol–water partition coefficient (Wildman–Crippen LogP) is 4.83. The van der Waals surface area contributed by atoms with E-state index in [9.17, 15) is 0 Å². The number of hydrogen-bond donors (Lipinski definition) is 0. The van der Waals surface area contributed by atoms with E-state index in [-0.39, 0.29) is 5.25 Å². The van der Waals surface area contributed by atoms with Gasteiger partial charge in [0.05, 0.1) is 18.0 Å². The van der Waals surface area contributed by atoms with Crippen LogP contribution in [0.2, 0.25) is 5.02 Å². The average Bonchev–Trinajstić information content (AvgIpc) is 3.38. The number of aromatic nitrogens is 5. The van der Waals surface area contributed by atoms with Gasteiger partial charge in [-0.05, 0) is 49.4 Å². The molecule has 28 heavy (non-hydrogen) atoms. The van der Waals surface area contributed by atoms with Gasteiger partial charge in [0.1, 0.15) is 12.1 Å². The first-order valence-electron chi connectivity index (χ1n) is 8.44. The van der Waals surface area contributed by atoms with Crippen LogP contribution in [0.4, 0.5) is 0 Å². The highest BCUT2D eigenvalue weighted by Gasteiger charge is 2.19. The molecule has 0 amide bonds. The third-order valence-electron chi connectivity index (χ3n) is 4.01. The molecule has 7 nitrogen and oxygen atoms in total. The maximum absolute atomic E-state index is 6.09. The standard InChI is InChI=1S/C19H16ClN5O2S/c1-12(17-22-23-18(27-17)13-6-8-16(26-2)9-7-13)28-19-24-21-11-25(19)15-5-3-4-14(20)10-15/h3-12H,1-2H3/t12-/m1/s1. The fourth-order valence-corrected chi connectivity index (χ4v) is 3.62. The van der Waals surface area contributed by atoms with Gasteiger partial charge in [-0.1, -0.05) is 29.4 Å². The monoisotopic (exact) mass is 413 g/mol. The molecule has 2 heterocycles. The van der Waals surface area contributed by atoms with Crippen LogP contribution < -0.4 is 4.74 Å². The van der Waals surface area contributed by atoms with Crippen molar-refractivity contribution in [1.29, 1.82) is 0 Å². The molecule has 1 atom stereocenters. The minimum absolute atomic E-state index is 0.110. The van der Waals surface area contributed by atoms with Crippen LogP contribution in [0.5, 0.6) is 5.75 Å². The van der Waals surface area contributed by atoms with E-state index in [0.717, 1.165) is 17.0 Å². The Morgan fingerprint density at radius 2 is 1.93 bits per heavy atom. The van der Waals surface area contributed by atoms with Crippen LogP contribution in [0.3, 0.4) is 0 Å². The number of benzene rings is 2. The summed E-state index contributed by atoms with van der Waals surface area (Å²) in [6.07, 6.45) is 1.65. The molecular weight excluding hydrogens is 398 g/mol. The molecule has 0 radical (unpaired) electrons. The smallest absolute Gasteiger partial charge is 0.247 e. The number of rotatable bonds is 6. The molecule has 0 N–H and O–H groups in total. The molecule has 4 rings (SSSR count). The number of halogens is 1. The quantitative estimate of drug-likeness (QED) is 0.419. The van der Waals surface area contributed by atoms with Crippen molar-refractivity contribution in [2.45, 2.75) is 17.3 Å². The Kier molecular flexibility index (Phi) is 5.31. The van der Waals surface area contributed by atoms with Gasteiger partial charge in [0.2, 0.25) is 11.8 Å². The lowest BCUT2D eigenvalue weighted by Gasteiger charge is -2.09. The van der Waals surface area contributed by atoms with Gasteiger partial charge in [-0.25, -0.2) is 0 Å². The van der Waals surface area contributed by atoms with Crippen LogP contribution in [0.1, 0.15) is 18.1 Å². The second kappa shape index (κ2) is 8.04. The molecule has 0 aliphatic carbocycles. The average molecular weight is 414 g/mol. The zero-order chi connectivity index (χ0) is 19.5. The molecule has 4 aromatic rings. The molecule has 9 heteroatoms. The van der Waals surface area contributed by atoms with Crippen LogP contribution in [0.25, 0.3) is 17.1 Å². The lowest BCUT2D eigenvalue weighted by Crippen LogP contribution is -1.97. The number of nitrogens with zero attached hydrogens (tertiary/aromatic N) is 5. The summed E-state index contributed by atoms with van der Waals surface area (Å²) in [7, 11) is 1.63. The fraction of sp³-hybridized carbons (Fsp3) is 0.158. The first-order valence-corrected chi connectivity index (χ1v) is 9.70. The Hall–Kier alpha value is -2.84. The van der Waals surface area contributed by atoms with E-state index in [1.54, 1.807) is 13.4 Å². The lowest BCUT2D eigenvalue weighted by atomic mass is 10.2. The summed E-state index contributed by atoms with van der Waals surface area (Å²) in [6.45, 7) is 1.98. The van der Waals surface area contributed by atoms with Crippen molar-refractivity contribution in [1.82, 2.24) is 25.0 Å². The van der Waals surface area contributed by atoms with E-state index in [0.29, 0.717) is 22.0 Å². The van der Waals surface area contributed by atoms with Crippen molar-refractivity contribution >= 4 is 23.4 Å². The molecule has 0 unspecified atom stereocenters. The second-order valence-electron chi connectivity index (χ2n) is 5.90. The number of thioether (sulfide) groups is 1. The lowest BCUT2D eigenvalue weighted by molar-refractivity contribution is 0.415. The van der Waals surface area contributed by atoms with E-state index >= 15 is 0 Å². The SMILES string of the molecule is COc1ccc(-c2nnc([C@@H](C)Sc3nncn3-c3cccc(Cl)c3)o2)cc1. The van der Waals surface area contributed by atoms with Crippen LogP contribution in [-0.4, -0.2) is 32.1 Å². The van der Waals surface area contributed by atoms with Gasteiger partial charge in [0, 0.05) is 10.6 Å². The minimum atomic E-state index is -0.110. The summed E-state index contributed by atoms with van der Waals surface area (Å²) in [6, 6.07) is 15.0. The first kappa shape index (κ1) is 18.5. The predicted molar refractivity (Wildman–Crippen MR) is 107 cm³/mol. The summed E-state index contributed by atoms with van der Waals surface area (Å²) < 4.78 is 12.9. The van der Waals surface area contributed by atoms with E-state index in [4.69, 9.17) is 20.8 Å². The Bertz CT molecular complexity index is 1080. The molecule has 0 aliphatic heterocycles. The topological polar surface area (TPSA) is 78.9 Å². The van der Waals surface area contributed by atoms with E-state index in [1.165, 1.54) is 11.8 Å². The first-order chi connectivity index (χ1) is 13.6. The number of methoxy groups -OCH3 is 1. The van der Waals surface area contributed by atoms with Crippen molar-refractivity contribution in [3.05, 3.63) is 65.8 Å². The normalized spacial score (nSPS) is 12.1. The molecule has 0 saturated heterocycles. The highest BCUT2D eigenvalue weighted by molar-refractivity contribution is 7.99. The zero-order valence-electron chi connectivity index (χ0n) is 15.1. The van der Waals surface area contributed by atoms with E-state index in [2.05, 4.69) is 20.4 Å². The summed E-state index contributed by atoms with van der Waals surface area (Å²) in [4.78, 5) is 0. The van der Waals surface area contributed by atoms with Gasteiger partial charge in [0.15, 0.2) is 5.16 Å². The molecule has 0 spiro atoms. The van der Waals surface area contributed by atoms with Gasteiger partial charge in [-0.15, -0.1) is 20.4 Å². The number of hydrogen-bond acceptors (Lipinski definition) is 7. The van der Waals surface area contributed by atoms with Crippen molar-refractivity contribution in [2.24, 2.45) is 0 Å². The molecule has 2 aromatic carbocycles. The molecule has 2 aromatic heterocycles. The van der Waals surface area contributed by atoms with Gasteiger partial charge in [-0.3, -0.25) is 4.57 Å². The largest absolute Gasteiger partial charge is 0.497 e. The number of ether oxygens (including phenoxy) is 1. The minimum Gasteiger partial charge on any atom is -0.497 e. The molecule has 142 valence electrons. The van der Waals surface area contributed by atoms with Crippen molar-refractivity contribution < 1.29 is 9.15 Å². The van der Waals surface area contributed by atoms with Crippen molar-refractivity contribution in [3.8, 4) is 22.9 Å². The van der Waals surface area contributed by atoms with E-state index < -0.39 is 0 Å². The van der Waals surface area contributed by atoms with Crippen LogP contribution >= 0.6 is 23.4 Å². The maximum Gasteiger partial charge on any atom is 0.247 e.